The van der Waals surface area contributed by atoms with E-state index in [4.69, 9.17) is 0 Å². The number of benzene rings is 1. The van der Waals surface area contributed by atoms with Crippen LogP contribution < -0.4 is 0 Å². The molecular weight excluding hydrogens is 210 g/mol. The van der Waals surface area contributed by atoms with Crippen LogP contribution in [0.2, 0.25) is 0 Å². The minimum atomic E-state index is 0. The van der Waals surface area contributed by atoms with E-state index in [1.54, 1.807) is 6.07 Å². The molecule has 1 heterocycles. The summed E-state index contributed by atoms with van der Waals surface area (Å²) in [7, 11) is 0. The number of hydrogen-bond acceptors (Lipinski definition) is 2. The van der Waals surface area contributed by atoms with Gasteiger partial charge in [0.05, 0.1) is 0 Å². The van der Waals surface area contributed by atoms with Crippen LogP contribution >= 0.6 is 12.4 Å². The Morgan fingerprint density at radius 2 is 1.87 bits per heavy atom. The summed E-state index contributed by atoms with van der Waals surface area (Å²) >= 11 is 0. The van der Waals surface area contributed by atoms with Gasteiger partial charge >= 0.3 is 0 Å². The van der Waals surface area contributed by atoms with Crippen LogP contribution in [0, 0.1) is 0 Å². The Morgan fingerprint density at radius 1 is 1.13 bits per heavy atom. The van der Waals surface area contributed by atoms with Gasteiger partial charge in [0.2, 0.25) is 0 Å². The van der Waals surface area contributed by atoms with Gasteiger partial charge in [0.15, 0.2) is 0 Å². The second-order valence-corrected chi connectivity index (χ2v) is 4.01. The zero-order chi connectivity index (χ0) is 9.80. The largest absolute Gasteiger partial charge is 0.508 e. The first kappa shape index (κ1) is 12.3. The summed E-state index contributed by atoms with van der Waals surface area (Å²) in [6.07, 6.45) is 4.01. The number of piperidine rings is 1. The number of likely N-dealkylation sites (tertiary alicyclic amines) is 1. The Morgan fingerprint density at radius 3 is 2.53 bits per heavy atom. The van der Waals surface area contributed by atoms with Gasteiger partial charge in [0.25, 0.3) is 0 Å². The maximum Gasteiger partial charge on any atom is 0.115 e. The molecule has 3 heteroatoms. The topological polar surface area (TPSA) is 23.5 Å². The van der Waals surface area contributed by atoms with Gasteiger partial charge in [-0.25, -0.2) is 0 Å². The molecule has 0 radical (unpaired) electrons. The van der Waals surface area contributed by atoms with Crippen LogP contribution in [-0.2, 0) is 6.54 Å². The SMILES string of the molecule is Cl.Oc1cccc(CN2CCCCC2)c1. The van der Waals surface area contributed by atoms with Crippen molar-refractivity contribution in [2.45, 2.75) is 25.8 Å². The number of phenolic OH excluding ortho intramolecular Hbond substituents is 1. The van der Waals surface area contributed by atoms with Gasteiger partial charge < -0.3 is 5.11 Å². The first-order chi connectivity index (χ1) is 6.84. The molecule has 0 aliphatic carbocycles. The molecule has 1 N–H and O–H groups in total. The van der Waals surface area contributed by atoms with E-state index in [0.717, 1.165) is 6.54 Å². The summed E-state index contributed by atoms with van der Waals surface area (Å²) in [4.78, 5) is 2.46. The highest BCUT2D eigenvalue weighted by molar-refractivity contribution is 5.85. The van der Waals surface area contributed by atoms with Gasteiger partial charge in [0, 0.05) is 6.54 Å². The monoisotopic (exact) mass is 227 g/mol. The standard InChI is InChI=1S/C12H17NO.ClH/c14-12-6-4-5-11(9-12)10-13-7-2-1-3-8-13;/h4-6,9,14H,1-3,7-8,10H2;1H. The number of hydrogen-bond donors (Lipinski definition) is 1. The van der Waals surface area contributed by atoms with Crippen LogP contribution in [0.15, 0.2) is 24.3 Å². The lowest BCUT2D eigenvalue weighted by atomic mass is 10.1. The second-order valence-electron chi connectivity index (χ2n) is 4.01. The molecule has 84 valence electrons. The van der Waals surface area contributed by atoms with Gasteiger partial charge in [-0.2, -0.15) is 0 Å². The van der Waals surface area contributed by atoms with Crippen LogP contribution in [0.4, 0.5) is 0 Å². The molecule has 1 aromatic rings. The van der Waals surface area contributed by atoms with Crippen molar-refractivity contribution in [1.82, 2.24) is 4.90 Å². The molecule has 1 aliphatic rings. The third-order valence-corrected chi connectivity index (χ3v) is 2.77. The third kappa shape index (κ3) is 3.73. The highest BCUT2D eigenvalue weighted by Gasteiger charge is 2.10. The summed E-state index contributed by atoms with van der Waals surface area (Å²) in [5.41, 5.74) is 1.21. The van der Waals surface area contributed by atoms with Crippen molar-refractivity contribution in [2.24, 2.45) is 0 Å². The molecule has 0 bridgehead atoms. The lowest BCUT2D eigenvalue weighted by molar-refractivity contribution is 0.220. The summed E-state index contributed by atoms with van der Waals surface area (Å²) in [6.45, 7) is 3.39. The van der Waals surface area contributed by atoms with Crippen molar-refractivity contribution in [2.75, 3.05) is 13.1 Å². The van der Waals surface area contributed by atoms with Gasteiger partial charge in [-0.05, 0) is 43.6 Å². The predicted molar refractivity (Wildman–Crippen MR) is 64.5 cm³/mol. The first-order valence-corrected chi connectivity index (χ1v) is 5.35. The van der Waals surface area contributed by atoms with Crippen molar-refractivity contribution in [3.8, 4) is 5.75 Å². The number of halogens is 1. The van der Waals surface area contributed by atoms with Crippen LogP contribution in [-0.4, -0.2) is 23.1 Å². The van der Waals surface area contributed by atoms with Crippen LogP contribution in [0.5, 0.6) is 5.75 Å². The molecule has 15 heavy (non-hydrogen) atoms. The first-order valence-electron chi connectivity index (χ1n) is 5.35. The molecule has 0 atom stereocenters. The Kier molecular flexibility index (Phi) is 4.92. The Hall–Kier alpha value is -0.730. The summed E-state index contributed by atoms with van der Waals surface area (Å²) < 4.78 is 0. The smallest absolute Gasteiger partial charge is 0.115 e. The summed E-state index contributed by atoms with van der Waals surface area (Å²) in [6, 6.07) is 7.57. The van der Waals surface area contributed by atoms with Crippen molar-refractivity contribution in [3.63, 3.8) is 0 Å². The second kappa shape index (κ2) is 5.99. The van der Waals surface area contributed by atoms with E-state index in [-0.39, 0.29) is 12.4 Å². The van der Waals surface area contributed by atoms with Gasteiger partial charge in [-0.3, -0.25) is 4.90 Å². The summed E-state index contributed by atoms with van der Waals surface area (Å²) in [5, 5.41) is 9.32. The van der Waals surface area contributed by atoms with Crippen molar-refractivity contribution in [3.05, 3.63) is 29.8 Å². The number of rotatable bonds is 2. The average Bonchev–Trinajstić information content (AvgIpc) is 2.19. The molecule has 1 aliphatic heterocycles. The van der Waals surface area contributed by atoms with Gasteiger partial charge in [-0.1, -0.05) is 18.6 Å². The highest BCUT2D eigenvalue weighted by Crippen LogP contribution is 2.16. The molecule has 0 saturated carbocycles. The fraction of sp³-hybridized carbons (Fsp3) is 0.500. The van der Waals surface area contributed by atoms with E-state index in [0.29, 0.717) is 5.75 Å². The maximum atomic E-state index is 9.32. The maximum absolute atomic E-state index is 9.32. The normalized spacial score (nSPS) is 17.1. The highest BCUT2D eigenvalue weighted by atomic mass is 35.5. The van der Waals surface area contributed by atoms with Crippen LogP contribution in [0.1, 0.15) is 24.8 Å². The minimum Gasteiger partial charge on any atom is -0.508 e. The number of phenols is 1. The molecule has 2 rings (SSSR count). The van der Waals surface area contributed by atoms with Crippen LogP contribution in [0.3, 0.4) is 0 Å². The van der Waals surface area contributed by atoms with Crippen molar-refractivity contribution in [1.29, 1.82) is 0 Å². The Labute approximate surface area is 97.3 Å². The third-order valence-electron chi connectivity index (χ3n) is 2.77. The molecule has 0 aromatic heterocycles. The van der Waals surface area contributed by atoms with E-state index in [9.17, 15) is 5.11 Å². The Balaban J connectivity index is 0.00000112. The van der Waals surface area contributed by atoms with E-state index < -0.39 is 0 Å². The number of aromatic hydroxyl groups is 1. The Bertz CT molecular complexity index is 297. The van der Waals surface area contributed by atoms with Crippen LogP contribution in [0.25, 0.3) is 0 Å². The predicted octanol–water partition coefficient (Wildman–Crippen LogP) is 2.80. The molecule has 1 aromatic carbocycles. The molecule has 1 fully saturated rings. The van der Waals surface area contributed by atoms with E-state index in [1.165, 1.54) is 37.9 Å². The van der Waals surface area contributed by atoms with Crippen molar-refractivity contribution >= 4 is 12.4 Å². The lowest BCUT2D eigenvalue weighted by Gasteiger charge is -2.26. The van der Waals surface area contributed by atoms with E-state index >= 15 is 0 Å². The van der Waals surface area contributed by atoms with Gasteiger partial charge in [0.1, 0.15) is 5.75 Å². The quantitative estimate of drug-likeness (QED) is 0.840. The fourth-order valence-electron chi connectivity index (χ4n) is 2.03. The lowest BCUT2D eigenvalue weighted by Crippen LogP contribution is -2.28. The molecule has 2 nitrogen and oxygen atoms in total. The van der Waals surface area contributed by atoms with E-state index in [1.807, 2.05) is 12.1 Å². The molecular formula is C12H18ClNO. The summed E-state index contributed by atoms with van der Waals surface area (Å²) in [5.74, 6) is 0.375. The zero-order valence-electron chi connectivity index (χ0n) is 8.85. The zero-order valence-corrected chi connectivity index (χ0v) is 9.67. The fourth-order valence-corrected chi connectivity index (χ4v) is 2.03. The molecule has 1 saturated heterocycles. The minimum absolute atomic E-state index is 0. The average molecular weight is 228 g/mol. The van der Waals surface area contributed by atoms with E-state index in [2.05, 4.69) is 11.0 Å². The number of nitrogens with zero attached hydrogens (tertiary/aromatic N) is 1. The molecule has 0 unspecified atom stereocenters. The molecule has 0 amide bonds. The van der Waals surface area contributed by atoms with Gasteiger partial charge in [-0.15, -0.1) is 12.4 Å². The van der Waals surface area contributed by atoms with Crippen molar-refractivity contribution < 1.29 is 5.11 Å². The molecule has 0 spiro atoms.